The second-order valence-corrected chi connectivity index (χ2v) is 5.39. The van der Waals surface area contributed by atoms with Crippen LogP contribution in [0.3, 0.4) is 0 Å². The minimum absolute atomic E-state index is 0.0331. The number of rotatable bonds is 5. The van der Waals surface area contributed by atoms with E-state index in [1.165, 1.54) is 0 Å². The first-order chi connectivity index (χ1) is 10.1. The number of carboxylic acid groups (broad SMARTS) is 1. The van der Waals surface area contributed by atoms with Gasteiger partial charge < -0.3 is 14.4 Å². The van der Waals surface area contributed by atoms with E-state index in [1.54, 1.807) is 11.1 Å². The summed E-state index contributed by atoms with van der Waals surface area (Å²) in [7, 11) is 0. The molecule has 2 aromatic rings. The van der Waals surface area contributed by atoms with Crippen LogP contribution < -0.4 is 0 Å². The number of imidazole rings is 1. The topological polar surface area (TPSA) is 74.9 Å². The van der Waals surface area contributed by atoms with Crippen LogP contribution in [0, 0.1) is 6.92 Å². The van der Waals surface area contributed by atoms with Gasteiger partial charge in [0.2, 0.25) is 0 Å². The van der Waals surface area contributed by atoms with Gasteiger partial charge >= 0.3 is 5.97 Å². The Balaban J connectivity index is 1.87. The van der Waals surface area contributed by atoms with Gasteiger partial charge in [0, 0.05) is 24.5 Å². The third kappa shape index (κ3) is 2.74. The van der Waals surface area contributed by atoms with Crippen LogP contribution in [0.25, 0.3) is 5.65 Å². The number of amides is 1. The van der Waals surface area contributed by atoms with E-state index in [1.807, 2.05) is 29.5 Å². The first-order valence-corrected chi connectivity index (χ1v) is 7.04. The van der Waals surface area contributed by atoms with E-state index >= 15 is 0 Å². The third-order valence-electron chi connectivity index (χ3n) is 3.73. The fourth-order valence-corrected chi connectivity index (χ4v) is 2.45. The molecule has 1 aliphatic rings. The highest BCUT2D eigenvalue weighted by Gasteiger charge is 2.34. The van der Waals surface area contributed by atoms with E-state index in [0.717, 1.165) is 24.2 Å². The number of pyridine rings is 1. The molecule has 1 saturated carbocycles. The fourth-order valence-electron chi connectivity index (χ4n) is 2.45. The predicted molar refractivity (Wildman–Crippen MR) is 76.2 cm³/mol. The average Bonchev–Trinajstić information content (AvgIpc) is 3.16. The quantitative estimate of drug-likeness (QED) is 0.908. The zero-order valence-corrected chi connectivity index (χ0v) is 11.8. The van der Waals surface area contributed by atoms with Crippen LogP contribution in [0.5, 0.6) is 0 Å². The number of nitrogens with zero attached hydrogens (tertiary/aromatic N) is 3. The molecule has 2 aromatic heterocycles. The van der Waals surface area contributed by atoms with Crippen LogP contribution in [-0.4, -0.2) is 43.9 Å². The molecule has 6 heteroatoms. The Bertz CT molecular complexity index is 703. The molecule has 0 atom stereocenters. The highest BCUT2D eigenvalue weighted by molar-refractivity contribution is 5.93. The molecule has 1 fully saturated rings. The summed E-state index contributed by atoms with van der Waals surface area (Å²) in [4.78, 5) is 29.3. The van der Waals surface area contributed by atoms with Gasteiger partial charge in [-0.3, -0.25) is 9.59 Å². The summed E-state index contributed by atoms with van der Waals surface area (Å²) >= 11 is 0. The van der Waals surface area contributed by atoms with Crippen molar-refractivity contribution in [2.24, 2.45) is 0 Å². The normalized spacial score (nSPS) is 14.3. The summed E-state index contributed by atoms with van der Waals surface area (Å²) in [5.74, 6) is -1.07. The van der Waals surface area contributed by atoms with Crippen LogP contribution in [-0.2, 0) is 4.79 Å². The van der Waals surface area contributed by atoms with E-state index in [2.05, 4.69) is 4.98 Å². The highest BCUT2D eigenvalue weighted by Crippen LogP contribution is 2.28. The fraction of sp³-hybridized carbons (Fsp3) is 0.400. The number of fused-ring (bicyclic) bond motifs is 1. The van der Waals surface area contributed by atoms with Gasteiger partial charge in [0.1, 0.15) is 11.3 Å². The third-order valence-corrected chi connectivity index (χ3v) is 3.73. The Hall–Kier alpha value is -2.37. The number of aromatic nitrogens is 2. The van der Waals surface area contributed by atoms with Crippen LogP contribution in [0.1, 0.15) is 35.4 Å². The molecular weight excluding hydrogens is 270 g/mol. The number of aryl methyl sites for hydroxylation is 1. The van der Waals surface area contributed by atoms with E-state index in [4.69, 9.17) is 5.11 Å². The first-order valence-electron chi connectivity index (χ1n) is 7.04. The second-order valence-electron chi connectivity index (χ2n) is 5.39. The van der Waals surface area contributed by atoms with E-state index in [-0.39, 0.29) is 24.9 Å². The smallest absolute Gasteiger partial charge is 0.305 e. The van der Waals surface area contributed by atoms with E-state index in [9.17, 15) is 9.59 Å². The molecule has 0 bridgehead atoms. The minimum Gasteiger partial charge on any atom is -0.481 e. The van der Waals surface area contributed by atoms with Crippen molar-refractivity contribution < 1.29 is 14.7 Å². The maximum absolute atomic E-state index is 12.6. The van der Waals surface area contributed by atoms with Gasteiger partial charge in [-0.25, -0.2) is 4.98 Å². The number of hydrogen-bond acceptors (Lipinski definition) is 3. The lowest BCUT2D eigenvalue weighted by Crippen LogP contribution is -2.35. The molecule has 21 heavy (non-hydrogen) atoms. The van der Waals surface area contributed by atoms with E-state index < -0.39 is 5.97 Å². The summed E-state index contributed by atoms with van der Waals surface area (Å²) in [6.45, 7) is 2.19. The molecule has 0 spiro atoms. The Morgan fingerprint density at radius 2 is 2.19 bits per heavy atom. The molecule has 0 aliphatic heterocycles. The van der Waals surface area contributed by atoms with Crippen molar-refractivity contribution in [1.29, 1.82) is 0 Å². The first kappa shape index (κ1) is 13.6. The summed E-state index contributed by atoms with van der Waals surface area (Å²) in [5.41, 5.74) is 2.11. The predicted octanol–water partition coefficient (Wildman–Crippen LogP) is 1.72. The van der Waals surface area contributed by atoms with Crippen molar-refractivity contribution in [3.05, 3.63) is 35.8 Å². The lowest BCUT2D eigenvalue weighted by molar-refractivity contribution is -0.137. The van der Waals surface area contributed by atoms with Crippen molar-refractivity contribution >= 4 is 17.5 Å². The molecule has 1 amide bonds. The lowest BCUT2D eigenvalue weighted by Gasteiger charge is -2.20. The highest BCUT2D eigenvalue weighted by atomic mass is 16.4. The summed E-state index contributed by atoms with van der Waals surface area (Å²) in [6.07, 6.45) is 3.58. The van der Waals surface area contributed by atoms with Crippen LogP contribution >= 0.6 is 0 Å². The molecule has 3 rings (SSSR count). The molecule has 0 saturated heterocycles. The molecule has 2 heterocycles. The Morgan fingerprint density at radius 1 is 1.43 bits per heavy atom. The van der Waals surface area contributed by atoms with Crippen molar-refractivity contribution in [1.82, 2.24) is 14.3 Å². The maximum atomic E-state index is 12.6. The zero-order valence-electron chi connectivity index (χ0n) is 11.8. The van der Waals surface area contributed by atoms with Crippen molar-refractivity contribution in [2.45, 2.75) is 32.2 Å². The number of carbonyl (C=O) groups excluding carboxylic acids is 1. The molecule has 1 N–H and O–H groups in total. The monoisotopic (exact) mass is 287 g/mol. The number of carbonyl (C=O) groups is 2. The van der Waals surface area contributed by atoms with Crippen LogP contribution in [0.2, 0.25) is 0 Å². The van der Waals surface area contributed by atoms with Gasteiger partial charge in [-0.15, -0.1) is 0 Å². The SMILES string of the molecule is Cc1cccc2nc(C(=O)N(CCC(=O)O)C3CC3)cn12. The van der Waals surface area contributed by atoms with Crippen molar-refractivity contribution in [2.75, 3.05) is 6.54 Å². The van der Waals surface area contributed by atoms with Gasteiger partial charge in [-0.1, -0.05) is 6.07 Å². The number of aliphatic carboxylic acids is 1. The number of hydrogen-bond donors (Lipinski definition) is 1. The summed E-state index contributed by atoms with van der Waals surface area (Å²) in [5, 5.41) is 8.81. The lowest BCUT2D eigenvalue weighted by atomic mass is 10.3. The van der Waals surface area contributed by atoms with Crippen molar-refractivity contribution in [3.63, 3.8) is 0 Å². The molecule has 0 radical (unpaired) electrons. The molecule has 0 aromatic carbocycles. The minimum atomic E-state index is -0.890. The molecule has 0 unspecified atom stereocenters. The van der Waals surface area contributed by atoms with Crippen LogP contribution in [0.15, 0.2) is 24.4 Å². The van der Waals surface area contributed by atoms with E-state index in [0.29, 0.717) is 5.69 Å². The summed E-state index contributed by atoms with van der Waals surface area (Å²) < 4.78 is 1.87. The Morgan fingerprint density at radius 3 is 2.81 bits per heavy atom. The standard InChI is InChI=1S/C15H17N3O3/c1-10-3-2-4-13-16-12(9-18(10)13)15(21)17(11-5-6-11)8-7-14(19)20/h2-4,9,11H,5-8H2,1H3,(H,19,20). The van der Waals surface area contributed by atoms with Gasteiger partial charge in [-0.2, -0.15) is 0 Å². The van der Waals surface area contributed by atoms with Gasteiger partial charge in [-0.05, 0) is 31.9 Å². The Kier molecular flexibility index (Phi) is 3.37. The zero-order chi connectivity index (χ0) is 15.0. The summed E-state index contributed by atoms with van der Waals surface area (Å²) in [6, 6.07) is 5.87. The molecule has 110 valence electrons. The second kappa shape index (κ2) is 5.20. The van der Waals surface area contributed by atoms with Crippen LogP contribution in [0.4, 0.5) is 0 Å². The molecule has 1 aliphatic carbocycles. The Labute approximate surface area is 122 Å². The molecule has 6 nitrogen and oxygen atoms in total. The number of carboxylic acids is 1. The van der Waals surface area contributed by atoms with Gasteiger partial charge in [0.15, 0.2) is 0 Å². The largest absolute Gasteiger partial charge is 0.481 e. The molecular formula is C15H17N3O3. The maximum Gasteiger partial charge on any atom is 0.305 e. The van der Waals surface area contributed by atoms with Gasteiger partial charge in [0.25, 0.3) is 5.91 Å². The average molecular weight is 287 g/mol. The van der Waals surface area contributed by atoms with Gasteiger partial charge in [0.05, 0.1) is 6.42 Å². The van der Waals surface area contributed by atoms with Crippen molar-refractivity contribution in [3.8, 4) is 0 Å².